The molecular formula is C11H8F3N5O2. The van der Waals surface area contributed by atoms with Crippen molar-refractivity contribution in [1.82, 2.24) is 10.1 Å². The summed E-state index contributed by atoms with van der Waals surface area (Å²) in [5, 5.41) is 16.1. The summed E-state index contributed by atoms with van der Waals surface area (Å²) in [6, 6.07) is 5.80. The van der Waals surface area contributed by atoms with E-state index in [0.29, 0.717) is 11.1 Å². The molecule has 0 radical (unpaired) electrons. The van der Waals surface area contributed by atoms with Crippen molar-refractivity contribution in [2.45, 2.75) is 12.3 Å². The zero-order chi connectivity index (χ0) is 15.5. The molecule has 1 aromatic heterocycles. The van der Waals surface area contributed by atoms with Gasteiger partial charge in [-0.3, -0.25) is 0 Å². The maximum atomic E-state index is 12.3. The van der Waals surface area contributed by atoms with Crippen LogP contribution >= 0.6 is 0 Å². The van der Waals surface area contributed by atoms with Crippen LogP contribution in [0.2, 0.25) is 0 Å². The Morgan fingerprint density at radius 2 is 2.00 bits per heavy atom. The molecule has 1 aromatic carbocycles. The fourth-order valence-corrected chi connectivity index (χ4v) is 1.53. The van der Waals surface area contributed by atoms with Gasteiger partial charge in [-0.2, -0.15) is 18.2 Å². The minimum atomic E-state index is -4.70. The zero-order valence-electron chi connectivity index (χ0n) is 10.3. The topological polar surface area (TPSA) is 108 Å². The lowest BCUT2D eigenvalue weighted by Crippen LogP contribution is -2.04. The number of aromatic nitrogens is 2. The van der Waals surface area contributed by atoms with Crippen LogP contribution in [0.5, 0.6) is 0 Å². The first-order chi connectivity index (χ1) is 9.91. The van der Waals surface area contributed by atoms with Gasteiger partial charge in [-0.1, -0.05) is 34.5 Å². The highest BCUT2D eigenvalue weighted by Crippen LogP contribution is 2.29. The molecule has 1 N–H and O–H groups in total. The number of benzene rings is 1. The predicted octanol–water partition coefficient (Wildman–Crippen LogP) is 3.10. The smallest absolute Gasteiger partial charge is 0.388 e. The van der Waals surface area contributed by atoms with Gasteiger partial charge >= 0.3 is 12.1 Å². The first-order valence-corrected chi connectivity index (χ1v) is 5.62. The lowest BCUT2D eigenvalue weighted by atomic mass is 10.1. The van der Waals surface area contributed by atoms with Crippen LogP contribution in [0.25, 0.3) is 21.8 Å². The Hall–Kier alpha value is -2.58. The van der Waals surface area contributed by atoms with Crippen LogP contribution in [0.4, 0.5) is 13.2 Å². The van der Waals surface area contributed by atoms with Crippen molar-refractivity contribution in [2.24, 2.45) is 5.11 Å². The van der Waals surface area contributed by atoms with Gasteiger partial charge < -0.3 is 9.63 Å². The number of aliphatic hydroxyl groups is 1. The number of halogens is 3. The molecule has 0 aliphatic carbocycles. The van der Waals surface area contributed by atoms with Crippen LogP contribution in [0, 0.1) is 0 Å². The Morgan fingerprint density at radius 3 is 2.52 bits per heavy atom. The van der Waals surface area contributed by atoms with E-state index >= 15 is 0 Å². The van der Waals surface area contributed by atoms with Gasteiger partial charge in [0.1, 0.15) is 0 Å². The number of hydrogen-bond acceptors (Lipinski definition) is 5. The molecule has 0 saturated carbocycles. The Labute approximate surface area is 115 Å². The third kappa shape index (κ3) is 3.50. The van der Waals surface area contributed by atoms with E-state index in [1.54, 1.807) is 0 Å². The second-order valence-electron chi connectivity index (χ2n) is 3.97. The van der Waals surface area contributed by atoms with Gasteiger partial charge in [0.05, 0.1) is 12.6 Å². The maximum Gasteiger partial charge on any atom is 0.471 e. The van der Waals surface area contributed by atoms with Crippen molar-refractivity contribution in [3.8, 4) is 11.4 Å². The van der Waals surface area contributed by atoms with Crippen LogP contribution in [-0.2, 0) is 6.18 Å². The fourth-order valence-electron chi connectivity index (χ4n) is 1.53. The SMILES string of the molecule is [N-]=[N+]=NCC(O)c1ccc(-c2noc(C(F)(F)F)n2)cc1. The molecule has 7 nitrogen and oxygen atoms in total. The molecule has 0 fully saturated rings. The number of rotatable bonds is 4. The lowest BCUT2D eigenvalue weighted by molar-refractivity contribution is -0.159. The number of aliphatic hydroxyl groups excluding tert-OH is 1. The van der Waals surface area contributed by atoms with E-state index in [-0.39, 0.29) is 12.4 Å². The van der Waals surface area contributed by atoms with Crippen molar-refractivity contribution < 1.29 is 22.8 Å². The van der Waals surface area contributed by atoms with Gasteiger partial charge in [0.25, 0.3) is 0 Å². The van der Waals surface area contributed by atoms with E-state index in [9.17, 15) is 18.3 Å². The molecule has 1 atom stereocenters. The summed E-state index contributed by atoms with van der Waals surface area (Å²) in [4.78, 5) is 5.76. The number of hydrogen-bond donors (Lipinski definition) is 1. The van der Waals surface area contributed by atoms with E-state index in [4.69, 9.17) is 5.53 Å². The highest BCUT2D eigenvalue weighted by atomic mass is 19.4. The van der Waals surface area contributed by atoms with Gasteiger partial charge in [-0.05, 0) is 11.1 Å². The summed E-state index contributed by atoms with van der Waals surface area (Å²) < 4.78 is 41.1. The van der Waals surface area contributed by atoms with Crippen LogP contribution < -0.4 is 0 Å². The minimum Gasteiger partial charge on any atom is -0.388 e. The summed E-state index contributed by atoms with van der Waals surface area (Å²) in [5.41, 5.74) is 8.90. The monoisotopic (exact) mass is 299 g/mol. The van der Waals surface area contributed by atoms with E-state index in [1.807, 2.05) is 0 Å². The van der Waals surface area contributed by atoms with E-state index in [0.717, 1.165) is 0 Å². The molecule has 2 aromatic rings. The molecule has 0 spiro atoms. The maximum absolute atomic E-state index is 12.3. The summed E-state index contributed by atoms with van der Waals surface area (Å²) >= 11 is 0. The normalized spacial score (nSPS) is 12.8. The number of azide groups is 1. The summed E-state index contributed by atoms with van der Waals surface area (Å²) in [5.74, 6) is -1.64. The molecule has 0 bridgehead atoms. The first kappa shape index (κ1) is 14.8. The minimum absolute atomic E-state index is 0.143. The van der Waals surface area contributed by atoms with Gasteiger partial charge in [-0.25, -0.2) is 0 Å². The molecule has 0 saturated heterocycles. The predicted molar refractivity (Wildman–Crippen MR) is 63.7 cm³/mol. The molecule has 1 unspecified atom stereocenters. The fraction of sp³-hybridized carbons (Fsp3) is 0.273. The van der Waals surface area contributed by atoms with Crippen LogP contribution in [0.15, 0.2) is 33.9 Å². The molecular weight excluding hydrogens is 291 g/mol. The Morgan fingerprint density at radius 1 is 1.33 bits per heavy atom. The van der Waals surface area contributed by atoms with Crippen molar-refractivity contribution in [3.05, 3.63) is 46.2 Å². The number of alkyl halides is 3. The van der Waals surface area contributed by atoms with E-state index < -0.39 is 18.2 Å². The largest absolute Gasteiger partial charge is 0.471 e. The van der Waals surface area contributed by atoms with Crippen molar-refractivity contribution >= 4 is 0 Å². The van der Waals surface area contributed by atoms with E-state index in [2.05, 4.69) is 24.7 Å². The first-order valence-electron chi connectivity index (χ1n) is 5.62. The molecule has 0 aliphatic heterocycles. The summed E-state index contributed by atoms with van der Waals surface area (Å²) in [7, 11) is 0. The molecule has 110 valence electrons. The Bertz CT molecular complexity index is 661. The zero-order valence-corrected chi connectivity index (χ0v) is 10.3. The average molecular weight is 299 g/mol. The van der Waals surface area contributed by atoms with Crippen LogP contribution in [0.3, 0.4) is 0 Å². The molecule has 0 aliphatic rings. The van der Waals surface area contributed by atoms with Crippen molar-refractivity contribution in [1.29, 1.82) is 0 Å². The van der Waals surface area contributed by atoms with Gasteiger partial charge in [-0.15, -0.1) is 0 Å². The summed E-state index contributed by atoms with van der Waals surface area (Å²) in [6.07, 6.45) is -5.69. The van der Waals surface area contributed by atoms with Gasteiger partial charge in [0, 0.05) is 10.5 Å². The Kier molecular flexibility index (Phi) is 4.10. The van der Waals surface area contributed by atoms with Gasteiger partial charge in [0.2, 0.25) is 5.82 Å². The third-order valence-electron chi connectivity index (χ3n) is 2.54. The van der Waals surface area contributed by atoms with Crippen molar-refractivity contribution in [3.63, 3.8) is 0 Å². The van der Waals surface area contributed by atoms with Crippen LogP contribution in [0.1, 0.15) is 17.6 Å². The molecule has 2 rings (SSSR count). The molecule has 1 heterocycles. The van der Waals surface area contributed by atoms with Crippen molar-refractivity contribution in [2.75, 3.05) is 6.54 Å². The number of nitrogens with zero attached hydrogens (tertiary/aromatic N) is 5. The summed E-state index contributed by atoms with van der Waals surface area (Å²) in [6.45, 7) is -0.143. The lowest BCUT2D eigenvalue weighted by Gasteiger charge is -2.07. The van der Waals surface area contributed by atoms with Crippen LogP contribution in [-0.4, -0.2) is 21.8 Å². The molecule has 10 heteroatoms. The van der Waals surface area contributed by atoms with Gasteiger partial charge in [0.15, 0.2) is 0 Å². The Balaban J connectivity index is 2.19. The van der Waals surface area contributed by atoms with E-state index in [1.165, 1.54) is 24.3 Å². The highest BCUT2D eigenvalue weighted by Gasteiger charge is 2.38. The average Bonchev–Trinajstić information content (AvgIpc) is 2.95. The second kappa shape index (κ2) is 5.81. The quantitative estimate of drug-likeness (QED) is 0.531. The molecule has 21 heavy (non-hydrogen) atoms. The second-order valence-corrected chi connectivity index (χ2v) is 3.97. The molecule has 0 amide bonds. The highest BCUT2D eigenvalue weighted by molar-refractivity contribution is 5.54. The standard InChI is InChI=1S/C11H8F3N5O2/c12-11(13,14)10-17-9(18-21-10)7-3-1-6(2-4-7)8(20)5-16-19-15/h1-4,8,20H,5H2. The third-order valence-corrected chi connectivity index (χ3v) is 2.54.